The molecule has 5 nitrogen and oxygen atoms in total. The van der Waals surface area contributed by atoms with Gasteiger partial charge in [0, 0.05) is 29.0 Å². The number of benzene rings is 2. The lowest BCUT2D eigenvalue weighted by molar-refractivity contribution is -0.137. The number of hydrogen-bond donors (Lipinski definition) is 1. The van der Waals surface area contributed by atoms with E-state index in [1.54, 1.807) is 12.3 Å². The molecule has 1 fully saturated rings. The fraction of sp³-hybridized carbons (Fsp3) is 0.241. The number of thiocarbonyl (C=S) groups is 1. The largest absolute Gasteiger partial charge is 0.494 e. The predicted molar refractivity (Wildman–Crippen MR) is 146 cm³/mol. The Bertz CT molecular complexity index is 1450. The summed E-state index contributed by atoms with van der Waals surface area (Å²) in [6.45, 7) is 6.32. The van der Waals surface area contributed by atoms with Crippen molar-refractivity contribution in [2.45, 2.75) is 39.0 Å². The van der Waals surface area contributed by atoms with Crippen LogP contribution in [0, 0.1) is 13.8 Å². The Morgan fingerprint density at radius 2 is 1.74 bits per heavy atom. The van der Waals surface area contributed by atoms with Crippen LogP contribution in [0.4, 0.5) is 18.9 Å². The fourth-order valence-electron chi connectivity index (χ4n) is 5.12. The third-order valence-corrected chi connectivity index (χ3v) is 7.06. The number of anilines is 1. The summed E-state index contributed by atoms with van der Waals surface area (Å²) in [6, 6.07) is 20.3. The number of ether oxygens (including phenoxy) is 1. The molecule has 1 aliphatic rings. The molecule has 0 spiro atoms. The minimum atomic E-state index is -4.43. The number of pyridine rings is 1. The number of nitrogens with one attached hydrogen (secondary N) is 1. The van der Waals surface area contributed by atoms with Gasteiger partial charge in [0.15, 0.2) is 5.11 Å². The lowest BCUT2D eigenvalue weighted by Crippen LogP contribution is -2.29. The standard InChI is InChI=1S/C29H27F3N4OS/c1-4-37-23-13-11-21(12-14-23)36-27(26(34-28(36)38)25-10-5-6-15-33-25)24-16-18(2)35(19(24)3)22-9-7-8-20(17-22)29(30,31)32/h5-17,26-27H,4H2,1-3H3,(H,34,38). The van der Waals surface area contributed by atoms with Gasteiger partial charge < -0.3 is 19.5 Å². The molecule has 196 valence electrons. The Morgan fingerprint density at radius 1 is 0.974 bits per heavy atom. The van der Waals surface area contributed by atoms with Gasteiger partial charge in [0.2, 0.25) is 0 Å². The second-order valence-corrected chi connectivity index (χ2v) is 9.52. The SMILES string of the molecule is CCOc1ccc(N2C(=S)NC(c3ccccn3)C2c2cc(C)n(-c3cccc(C(F)(F)F)c3)c2C)cc1. The quantitative estimate of drug-likeness (QED) is 0.267. The molecule has 2 aromatic heterocycles. The van der Waals surface area contributed by atoms with Crippen LogP contribution in [0.5, 0.6) is 5.75 Å². The molecule has 0 saturated carbocycles. The molecule has 5 rings (SSSR count). The van der Waals surface area contributed by atoms with Crippen molar-refractivity contribution in [3.8, 4) is 11.4 Å². The van der Waals surface area contributed by atoms with Crippen molar-refractivity contribution >= 4 is 23.0 Å². The number of rotatable bonds is 6. The number of nitrogens with zero attached hydrogens (tertiary/aromatic N) is 3. The Morgan fingerprint density at radius 3 is 2.39 bits per heavy atom. The van der Waals surface area contributed by atoms with Crippen LogP contribution in [0.2, 0.25) is 0 Å². The Labute approximate surface area is 224 Å². The van der Waals surface area contributed by atoms with Gasteiger partial charge in [-0.1, -0.05) is 12.1 Å². The maximum atomic E-state index is 13.5. The summed E-state index contributed by atoms with van der Waals surface area (Å²) in [4.78, 5) is 6.64. The van der Waals surface area contributed by atoms with Crippen molar-refractivity contribution in [2.24, 2.45) is 0 Å². The summed E-state index contributed by atoms with van der Waals surface area (Å²) >= 11 is 5.82. The number of aryl methyl sites for hydroxylation is 1. The monoisotopic (exact) mass is 536 g/mol. The van der Waals surface area contributed by atoms with E-state index in [0.29, 0.717) is 17.4 Å². The highest BCUT2D eigenvalue weighted by Crippen LogP contribution is 2.44. The van der Waals surface area contributed by atoms with Gasteiger partial charge in [-0.3, -0.25) is 4.98 Å². The van der Waals surface area contributed by atoms with Crippen LogP contribution in [0.3, 0.4) is 0 Å². The van der Waals surface area contributed by atoms with Crippen LogP contribution >= 0.6 is 12.2 Å². The third-order valence-electron chi connectivity index (χ3n) is 6.74. The molecule has 2 atom stereocenters. The van der Waals surface area contributed by atoms with Crippen molar-refractivity contribution in [2.75, 3.05) is 11.5 Å². The Hall–Kier alpha value is -3.85. The van der Waals surface area contributed by atoms with Crippen LogP contribution in [0.25, 0.3) is 5.69 Å². The molecule has 1 N–H and O–H groups in total. The fourth-order valence-corrected chi connectivity index (χ4v) is 5.47. The molecule has 4 aromatic rings. The van der Waals surface area contributed by atoms with E-state index in [2.05, 4.69) is 10.3 Å². The van der Waals surface area contributed by atoms with E-state index in [1.807, 2.05) is 78.8 Å². The molecule has 0 amide bonds. The summed E-state index contributed by atoms with van der Waals surface area (Å²) in [5.41, 5.74) is 4.05. The van der Waals surface area contributed by atoms with E-state index >= 15 is 0 Å². The zero-order chi connectivity index (χ0) is 27.0. The third kappa shape index (κ3) is 4.74. The van der Waals surface area contributed by atoms with Gasteiger partial charge >= 0.3 is 6.18 Å². The Kier molecular flexibility index (Phi) is 6.88. The second kappa shape index (κ2) is 10.1. The van der Waals surface area contributed by atoms with Crippen LogP contribution in [0.15, 0.2) is 79.0 Å². The summed E-state index contributed by atoms with van der Waals surface area (Å²) in [6.07, 6.45) is -2.69. The molecule has 2 unspecified atom stereocenters. The van der Waals surface area contributed by atoms with Crippen molar-refractivity contribution in [3.63, 3.8) is 0 Å². The van der Waals surface area contributed by atoms with E-state index in [9.17, 15) is 13.2 Å². The first-order valence-electron chi connectivity index (χ1n) is 12.3. The van der Waals surface area contributed by atoms with E-state index in [-0.39, 0.29) is 12.1 Å². The van der Waals surface area contributed by atoms with Gasteiger partial charge in [-0.05, 0) is 99.2 Å². The zero-order valence-electron chi connectivity index (χ0n) is 21.2. The smallest absolute Gasteiger partial charge is 0.416 e. The highest BCUT2D eigenvalue weighted by atomic mass is 32.1. The maximum absolute atomic E-state index is 13.5. The minimum absolute atomic E-state index is 0.272. The van der Waals surface area contributed by atoms with E-state index < -0.39 is 11.7 Å². The minimum Gasteiger partial charge on any atom is -0.494 e. The van der Waals surface area contributed by atoms with Crippen LogP contribution in [-0.2, 0) is 6.18 Å². The highest BCUT2D eigenvalue weighted by Gasteiger charge is 2.42. The first-order chi connectivity index (χ1) is 18.2. The predicted octanol–water partition coefficient (Wildman–Crippen LogP) is 7.08. The van der Waals surface area contributed by atoms with E-state index in [1.165, 1.54) is 12.1 Å². The van der Waals surface area contributed by atoms with Gasteiger partial charge in [-0.2, -0.15) is 13.2 Å². The normalized spacial score (nSPS) is 17.5. The zero-order valence-corrected chi connectivity index (χ0v) is 22.0. The van der Waals surface area contributed by atoms with E-state index in [0.717, 1.165) is 40.1 Å². The van der Waals surface area contributed by atoms with Crippen molar-refractivity contribution in [1.29, 1.82) is 0 Å². The van der Waals surface area contributed by atoms with Crippen LogP contribution in [-0.4, -0.2) is 21.3 Å². The van der Waals surface area contributed by atoms with Gasteiger partial charge in [0.05, 0.1) is 29.9 Å². The van der Waals surface area contributed by atoms with Crippen LogP contribution in [0.1, 0.15) is 47.2 Å². The summed E-state index contributed by atoms with van der Waals surface area (Å²) in [5.74, 6) is 0.759. The van der Waals surface area contributed by atoms with Gasteiger partial charge in [0.1, 0.15) is 5.75 Å². The second-order valence-electron chi connectivity index (χ2n) is 9.13. The molecule has 2 aromatic carbocycles. The lowest BCUT2D eigenvalue weighted by Gasteiger charge is -2.28. The highest BCUT2D eigenvalue weighted by molar-refractivity contribution is 7.80. The molecule has 1 aliphatic heterocycles. The van der Waals surface area contributed by atoms with Gasteiger partial charge in [-0.25, -0.2) is 0 Å². The number of alkyl halides is 3. The summed E-state index contributed by atoms with van der Waals surface area (Å²) in [7, 11) is 0. The average Bonchev–Trinajstić information content (AvgIpc) is 3.39. The molecule has 38 heavy (non-hydrogen) atoms. The first kappa shape index (κ1) is 25.8. The van der Waals surface area contributed by atoms with Gasteiger partial charge in [-0.15, -0.1) is 0 Å². The topological polar surface area (TPSA) is 42.3 Å². The summed E-state index contributed by atoms with van der Waals surface area (Å²) < 4.78 is 47.9. The lowest BCUT2D eigenvalue weighted by atomic mass is 9.96. The molecular weight excluding hydrogens is 509 g/mol. The van der Waals surface area contributed by atoms with Crippen molar-refractivity contribution in [1.82, 2.24) is 14.9 Å². The van der Waals surface area contributed by atoms with E-state index in [4.69, 9.17) is 17.0 Å². The molecule has 9 heteroatoms. The number of aromatic nitrogens is 2. The Balaban J connectivity index is 1.64. The molecule has 1 saturated heterocycles. The summed E-state index contributed by atoms with van der Waals surface area (Å²) in [5, 5.41) is 3.98. The molecule has 0 bridgehead atoms. The van der Waals surface area contributed by atoms with Crippen molar-refractivity contribution < 1.29 is 17.9 Å². The first-order valence-corrected chi connectivity index (χ1v) is 12.7. The molecular formula is C29H27F3N4OS. The van der Waals surface area contributed by atoms with Gasteiger partial charge in [0.25, 0.3) is 0 Å². The number of hydrogen-bond acceptors (Lipinski definition) is 3. The van der Waals surface area contributed by atoms with Crippen molar-refractivity contribution in [3.05, 3.63) is 107 Å². The number of halogens is 3. The molecule has 0 aliphatic carbocycles. The average molecular weight is 537 g/mol. The molecule has 0 radical (unpaired) electrons. The maximum Gasteiger partial charge on any atom is 0.416 e. The molecule has 3 heterocycles. The van der Waals surface area contributed by atoms with Crippen LogP contribution < -0.4 is 15.0 Å².